The molecule has 6 nitrogen and oxygen atoms in total. The second-order valence-corrected chi connectivity index (χ2v) is 6.34. The lowest BCUT2D eigenvalue weighted by Gasteiger charge is -2.35. The van der Waals surface area contributed by atoms with E-state index in [4.69, 9.17) is 14.7 Å². The van der Waals surface area contributed by atoms with Gasteiger partial charge in [-0.25, -0.2) is 0 Å². The highest BCUT2D eigenvalue weighted by Crippen LogP contribution is 2.23. The molecule has 0 bridgehead atoms. The summed E-state index contributed by atoms with van der Waals surface area (Å²) in [6.07, 6.45) is 0. The Kier molecular flexibility index (Phi) is 6.42. The summed E-state index contributed by atoms with van der Waals surface area (Å²) < 4.78 is 10.7. The van der Waals surface area contributed by atoms with Crippen LogP contribution in [0.1, 0.15) is 27.5 Å². The van der Waals surface area contributed by atoms with Crippen LogP contribution in [0.3, 0.4) is 0 Å². The summed E-state index contributed by atoms with van der Waals surface area (Å²) in [5.41, 5.74) is 2.08. The van der Waals surface area contributed by atoms with E-state index in [-0.39, 0.29) is 11.9 Å². The third kappa shape index (κ3) is 4.85. The molecule has 27 heavy (non-hydrogen) atoms. The zero-order chi connectivity index (χ0) is 19.1. The Labute approximate surface area is 159 Å². The van der Waals surface area contributed by atoms with Crippen molar-refractivity contribution in [3.63, 3.8) is 0 Å². The van der Waals surface area contributed by atoms with Crippen LogP contribution in [0.5, 0.6) is 5.75 Å². The van der Waals surface area contributed by atoms with Gasteiger partial charge >= 0.3 is 0 Å². The van der Waals surface area contributed by atoms with Gasteiger partial charge in [0.1, 0.15) is 5.75 Å². The summed E-state index contributed by atoms with van der Waals surface area (Å²) in [5.74, 6) is 0.621. The number of nitrogens with zero attached hydrogens (tertiary/aromatic N) is 2. The molecule has 1 heterocycles. The number of hydrogen-bond donors (Lipinski definition) is 1. The molecule has 0 radical (unpaired) electrons. The zero-order valence-corrected chi connectivity index (χ0v) is 15.4. The number of rotatable bonds is 6. The van der Waals surface area contributed by atoms with E-state index in [1.807, 2.05) is 24.3 Å². The van der Waals surface area contributed by atoms with Crippen LogP contribution < -0.4 is 10.1 Å². The first-order valence-electron chi connectivity index (χ1n) is 8.95. The molecule has 6 heteroatoms. The quantitative estimate of drug-likeness (QED) is 0.851. The molecule has 0 aromatic heterocycles. The minimum atomic E-state index is -0.182. The number of nitriles is 1. The number of hydrogen-bond acceptors (Lipinski definition) is 5. The summed E-state index contributed by atoms with van der Waals surface area (Å²) in [4.78, 5) is 14.9. The van der Waals surface area contributed by atoms with E-state index in [0.29, 0.717) is 30.9 Å². The number of morpholine rings is 1. The van der Waals surface area contributed by atoms with Gasteiger partial charge < -0.3 is 14.8 Å². The monoisotopic (exact) mass is 365 g/mol. The molecule has 1 atom stereocenters. The fraction of sp³-hybridized carbons (Fsp3) is 0.333. The Bertz CT molecular complexity index is 808. The standard InChI is InChI=1S/C21H23N3O3/c1-26-19-7-5-17(6-8-19)20(24-9-11-27-12-10-24)15-23-21(25)18-4-2-3-16(13-18)14-22/h2-8,13,20H,9-12,15H2,1H3,(H,23,25)/t20-/m1/s1. The second kappa shape index (κ2) is 9.17. The molecule has 1 fully saturated rings. The van der Waals surface area contributed by atoms with Crippen molar-refractivity contribution in [3.8, 4) is 11.8 Å². The van der Waals surface area contributed by atoms with Crippen molar-refractivity contribution in [1.29, 1.82) is 5.26 Å². The van der Waals surface area contributed by atoms with Gasteiger partial charge in [-0.1, -0.05) is 18.2 Å². The minimum absolute atomic E-state index is 0.0444. The Balaban J connectivity index is 1.74. The van der Waals surface area contributed by atoms with Crippen molar-refractivity contribution in [2.24, 2.45) is 0 Å². The molecule has 0 unspecified atom stereocenters. The molecule has 0 aliphatic carbocycles. The molecule has 1 saturated heterocycles. The van der Waals surface area contributed by atoms with Gasteiger partial charge in [0.25, 0.3) is 5.91 Å². The van der Waals surface area contributed by atoms with E-state index < -0.39 is 0 Å². The largest absolute Gasteiger partial charge is 0.497 e. The first-order chi connectivity index (χ1) is 13.2. The number of amides is 1. The van der Waals surface area contributed by atoms with E-state index in [1.165, 1.54) is 0 Å². The molecule has 1 aliphatic heterocycles. The highest BCUT2D eigenvalue weighted by molar-refractivity contribution is 5.94. The molecule has 140 valence electrons. The highest BCUT2D eigenvalue weighted by atomic mass is 16.5. The Morgan fingerprint density at radius 2 is 2.00 bits per heavy atom. The van der Waals surface area contributed by atoms with Crippen LogP contribution in [0, 0.1) is 11.3 Å². The fourth-order valence-corrected chi connectivity index (χ4v) is 3.19. The van der Waals surface area contributed by atoms with Crippen molar-refractivity contribution < 1.29 is 14.3 Å². The average molecular weight is 365 g/mol. The maximum Gasteiger partial charge on any atom is 0.251 e. The Morgan fingerprint density at radius 3 is 2.67 bits per heavy atom. The number of methoxy groups -OCH3 is 1. The summed E-state index contributed by atoms with van der Waals surface area (Å²) >= 11 is 0. The molecule has 1 aliphatic rings. The van der Waals surface area contributed by atoms with Crippen LogP contribution in [0.4, 0.5) is 0 Å². The lowest BCUT2D eigenvalue weighted by Crippen LogP contribution is -2.43. The van der Waals surface area contributed by atoms with E-state index in [1.54, 1.807) is 31.4 Å². The predicted molar refractivity (Wildman–Crippen MR) is 102 cm³/mol. The summed E-state index contributed by atoms with van der Waals surface area (Å²) in [5, 5.41) is 12.0. The second-order valence-electron chi connectivity index (χ2n) is 6.34. The van der Waals surface area contributed by atoms with Crippen LogP contribution in [-0.2, 0) is 4.74 Å². The maximum absolute atomic E-state index is 12.5. The van der Waals surface area contributed by atoms with Gasteiger partial charge in [0.05, 0.1) is 38.0 Å². The van der Waals surface area contributed by atoms with Crippen LogP contribution in [0.15, 0.2) is 48.5 Å². The predicted octanol–water partition coefficient (Wildman–Crippen LogP) is 2.37. The number of carbonyl (C=O) groups excluding carboxylic acids is 1. The van der Waals surface area contributed by atoms with Gasteiger partial charge in [-0.15, -0.1) is 0 Å². The van der Waals surface area contributed by atoms with E-state index in [0.717, 1.165) is 24.4 Å². The Hall–Kier alpha value is -2.88. The lowest BCUT2D eigenvalue weighted by atomic mass is 10.0. The van der Waals surface area contributed by atoms with Gasteiger partial charge in [0.15, 0.2) is 0 Å². The maximum atomic E-state index is 12.5. The van der Waals surface area contributed by atoms with Crippen LogP contribution in [0.25, 0.3) is 0 Å². The molecule has 2 aromatic rings. The summed E-state index contributed by atoms with van der Waals surface area (Å²) in [6.45, 7) is 3.48. The molecule has 1 N–H and O–H groups in total. The normalized spacial score (nSPS) is 15.6. The number of benzene rings is 2. The molecule has 1 amide bonds. The van der Waals surface area contributed by atoms with Crippen molar-refractivity contribution in [2.75, 3.05) is 40.0 Å². The lowest BCUT2D eigenvalue weighted by molar-refractivity contribution is 0.0162. The van der Waals surface area contributed by atoms with Gasteiger partial charge in [-0.2, -0.15) is 5.26 Å². The van der Waals surface area contributed by atoms with Crippen molar-refractivity contribution in [3.05, 3.63) is 65.2 Å². The molecular weight excluding hydrogens is 342 g/mol. The van der Waals surface area contributed by atoms with E-state index in [2.05, 4.69) is 16.3 Å². The van der Waals surface area contributed by atoms with Crippen LogP contribution >= 0.6 is 0 Å². The summed E-state index contributed by atoms with van der Waals surface area (Å²) in [6, 6.07) is 16.8. The molecule has 3 rings (SSSR count). The van der Waals surface area contributed by atoms with Gasteiger partial charge in [-0.05, 0) is 35.9 Å². The topological polar surface area (TPSA) is 74.6 Å². The fourth-order valence-electron chi connectivity index (χ4n) is 3.19. The van der Waals surface area contributed by atoms with Gasteiger partial charge in [0.2, 0.25) is 0 Å². The molecular formula is C21H23N3O3. The SMILES string of the molecule is COc1ccc([C@@H](CNC(=O)c2cccc(C#N)c2)N2CCOCC2)cc1. The average Bonchev–Trinajstić information content (AvgIpc) is 2.75. The third-order valence-electron chi connectivity index (χ3n) is 4.70. The van der Waals surface area contributed by atoms with Crippen LogP contribution in [0.2, 0.25) is 0 Å². The highest BCUT2D eigenvalue weighted by Gasteiger charge is 2.23. The zero-order valence-electron chi connectivity index (χ0n) is 15.4. The third-order valence-corrected chi connectivity index (χ3v) is 4.70. The number of nitrogens with one attached hydrogen (secondary N) is 1. The van der Waals surface area contributed by atoms with Crippen molar-refractivity contribution in [1.82, 2.24) is 10.2 Å². The molecule has 2 aromatic carbocycles. The van der Waals surface area contributed by atoms with E-state index >= 15 is 0 Å². The van der Waals surface area contributed by atoms with Crippen molar-refractivity contribution >= 4 is 5.91 Å². The molecule has 0 spiro atoms. The smallest absolute Gasteiger partial charge is 0.251 e. The van der Waals surface area contributed by atoms with Crippen molar-refractivity contribution in [2.45, 2.75) is 6.04 Å². The first-order valence-corrected chi connectivity index (χ1v) is 8.95. The minimum Gasteiger partial charge on any atom is -0.497 e. The summed E-state index contributed by atoms with van der Waals surface area (Å²) in [7, 11) is 1.64. The van der Waals surface area contributed by atoms with Crippen LogP contribution in [-0.4, -0.2) is 50.8 Å². The first kappa shape index (κ1) is 18.9. The Morgan fingerprint density at radius 1 is 1.26 bits per heavy atom. The van der Waals surface area contributed by atoms with E-state index in [9.17, 15) is 4.79 Å². The van der Waals surface area contributed by atoms with Gasteiger partial charge in [0, 0.05) is 25.2 Å². The number of ether oxygens (including phenoxy) is 2. The number of carbonyl (C=O) groups is 1. The van der Waals surface area contributed by atoms with Gasteiger partial charge in [-0.3, -0.25) is 9.69 Å². The molecule has 0 saturated carbocycles.